The van der Waals surface area contributed by atoms with E-state index >= 15 is 0 Å². The molecule has 1 rings (SSSR count). The Labute approximate surface area is 135 Å². The van der Waals surface area contributed by atoms with E-state index in [1.807, 2.05) is 18.2 Å². The van der Waals surface area contributed by atoms with Gasteiger partial charge >= 0.3 is 0 Å². The molecule has 0 aromatic heterocycles. The largest absolute Gasteiger partial charge is 0.389 e. The van der Waals surface area contributed by atoms with Crippen molar-refractivity contribution < 1.29 is 10.2 Å². The molecule has 0 aromatic carbocycles. The molecule has 0 fully saturated rings. The molecule has 22 heavy (non-hydrogen) atoms. The van der Waals surface area contributed by atoms with Crippen molar-refractivity contribution in [2.45, 2.75) is 72.0 Å². The van der Waals surface area contributed by atoms with E-state index in [0.717, 1.165) is 24.8 Å². The standard InChI is InChI=1S/C20H32O2/c1-15(2)18-12-11-17(4)9-6-8-16(3)10-7-13-20(5,22)14-19(18)21/h7-8,11-13,15,19,21-22H,6,9-10,14H2,1-5H3/b13-7-,16-8+,17-11-,18-12-. The summed E-state index contributed by atoms with van der Waals surface area (Å²) in [6.45, 7) is 10.2. The van der Waals surface area contributed by atoms with Crippen LogP contribution in [0.15, 0.2) is 47.1 Å². The number of rotatable bonds is 1. The number of aliphatic hydroxyl groups is 2. The van der Waals surface area contributed by atoms with Gasteiger partial charge < -0.3 is 10.2 Å². The van der Waals surface area contributed by atoms with Gasteiger partial charge in [0.15, 0.2) is 0 Å². The third-order valence-corrected chi connectivity index (χ3v) is 4.17. The van der Waals surface area contributed by atoms with Gasteiger partial charge in [-0.15, -0.1) is 0 Å². The first-order valence-electron chi connectivity index (χ1n) is 8.32. The SMILES string of the molecule is C/C1=C/C=C(/C(C)C)C(O)CC(C)(O)/C=C\C/C(C)=C/CC1. The van der Waals surface area contributed by atoms with Crippen molar-refractivity contribution in [1.29, 1.82) is 0 Å². The van der Waals surface area contributed by atoms with Crippen LogP contribution in [0.1, 0.15) is 60.3 Å². The maximum Gasteiger partial charge on any atom is 0.0827 e. The first kappa shape index (κ1) is 18.9. The van der Waals surface area contributed by atoms with Crippen LogP contribution in [0.25, 0.3) is 0 Å². The highest BCUT2D eigenvalue weighted by molar-refractivity contribution is 5.23. The van der Waals surface area contributed by atoms with Gasteiger partial charge in [0.1, 0.15) is 0 Å². The van der Waals surface area contributed by atoms with Gasteiger partial charge in [0.2, 0.25) is 0 Å². The van der Waals surface area contributed by atoms with Gasteiger partial charge in [0.25, 0.3) is 0 Å². The number of aliphatic hydroxyl groups excluding tert-OH is 1. The van der Waals surface area contributed by atoms with Gasteiger partial charge in [-0.2, -0.15) is 0 Å². The second kappa shape index (κ2) is 8.50. The Balaban J connectivity index is 3.10. The lowest BCUT2D eigenvalue weighted by Gasteiger charge is -2.26. The molecule has 2 heteroatoms. The first-order chi connectivity index (χ1) is 10.2. The van der Waals surface area contributed by atoms with Crippen LogP contribution >= 0.6 is 0 Å². The highest BCUT2D eigenvalue weighted by atomic mass is 16.3. The zero-order chi connectivity index (χ0) is 16.8. The summed E-state index contributed by atoms with van der Waals surface area (Å²) in [7, 11) is 0. The molecule has 0 aromatic rings. The van der Waals surface area contributed by atoms with E-state index in [4.69, 9.17) is 0 Å². The van der Waals surface area contributed by atoms with E-state index in [0.29, 0.717) is 6.42 Å². The third-order valence-electron chi connectivity index (χ3n) is 4.17. The first-order valence-corrected chi connectivity index (χ1v) is 8.32. The topological polar surface area (TPSA) is 40.5 Å². The van der Waals surface area contributed by atoms with Crippen molar-refractivity contribution in [2.75, 3.05) is 0 Å². The minimum atomic E-state index is -0.990. The zero-order valence-corrected chi connectivity index (χ0v) is 14.8. The molecule has 0 aliphatic heterocycles. The summed E-state index contributed by atoms with van der Waals surface area (Å²) in [5.41, 5.74) is 2.62. The Morgan fingerprint density at radius 1 is 1.18 bits per heavy atom. The van der Waals surface area contributed by atoms with E-state index in [1.54, 1.807) is 6.92 Å². The predicted molar refractivity (Wildman–Crippen MR) is 94.7 cm³/mol. The van der Waals surface area contributed by atoms with Crippen LogP contribution in [0.2, 0.25) is 0 Å². The predicted octanol–water partition coefficient (Wildman–Crippen LogP) is 4.70. The Hall–Kier alpha value is -1.12. The van der Waals surface area contributed by atoms with Gasteiger partial charge in [-0.25, -0.2) is 0 Å². The lowest BCUT2D eigenvalue weighted by Crippen LogP contribution is -2.30. The molecular formula is C20H32O2. The Morgan fingerprint density at radius 3 is 2.50 bits per heavy atom. The summed E-state index contributed by atoms with van der Waals surface area (Å²) >= 11 is 0. The lowest BCUT2D eigenvalue weighted by atomic mass is 9.88. The normalized spacial score (nSPS) is 37.3. The highest BCUT2D eigenvalue weighted by Gasteiger charge is 2.24. The van der Waals surface area contributed by atoms with Crippen LogP contribution in [0.5, 0.6) is 0 Å². The van der Waals surface area contributed by atoms with Gasteiger partial charge in [-0.05, 0) is 51.5 Å². The zero-order valence-electron chi connectivity index (χ0n) is 14.8. The molecule has 124 valence electrons. The van der Waals surface area contributed by atoms with E-state index in [9.17, 15) is 10.2 Å². The molecule has 1 aliphatic rings. The van der Waals surface area contributed by atoms with Crippen molar-refractivity contribution in [3.05, 3.63) is 47.1 Å². The molecule has 2 atom stereocenters. The number of allylic oxidation sites excluding steroid dienone is 6. The Kier molecular flexibility index (Phi) is 7.31. The van der Waals surface area contributed by atoms with E-state index in [-0.39, 0.29) is 5.92 Å². The average Bonchev–Trinajstić information content (AvgIpc) is 2.36. The summed E-state index contributed by atoms with van der Waals surface area (Å²) in [5.74, 6) is 0.258. The second-order valence-electron chi connectivity index (χ2n) is 7.11. The summed E-state index contributed by atoms with van der Waals surface area (Å²) < 4.78 is 0. The van der Waals surface area contributed by atoms with Crippen molar-refractivity contribution >= 4 is 0 Å². The van der Waals surface area contributed by atoms with Crippen LogP contribution < -0.4 is 0 Å². The van der Waals surface area contributed by atoms with Gasteiger partial charge in [0.05, 0.1) is 11.7 Å². The summed E-state index contributed by atoms with van der Waals surface area (Å²) in [6.07, 6.45) is 12.9. The quantitative estimate of drug-likeness (QED) is 0.689. The third kappa shape index (κ3) is 6.76. The van der Waals surface area contributed by atoms with Gasteiger partial charge in [-0.3, -0.25) is 0 Å². The minimum absolute atomic E-state index is 0.258. The van der Waals surface area contributed by atoms with Crippen molar-refractivity contribution in [1.82, 2.24) is 0 Å². The van der Waals surface area contributed by atoms with Gasteiger partial charge in [-0.1, -0.05) is 55.4 Å². The maximum atomic E-state index is 10.5. The fourth-order valence-electron chi connectivity index (χ4n) is 2.72. The van der Waals surface area contributed by atoms with Crippen molar-refractivity contribution in [3.8, 4) is 0 Å². The number of hydrogen-bond acceptors (Lipinski definition) is 2. The van der Waals surface area contributed by atoms with E-state index in [1.165, 1.54) is 11.1 Å². The molecule has 0 radical (unpaired) electrons. The fraction of sp³-hybridized carbons (Fsp3) is 0.600. The summed E-state index contributed by atoms with van der Waals surface area (Å²) in [6, 6.07) is 0. The van der Waals surface area contributed by atoms with E-state index < -0.39 is 11.7 Å². The molecule has 0 saturated carbocycles. The maximum absolute atomic E-state index is 10.5. The van der Waals surface area contributed by atoms with E-state index in [2.05, 4.69) is 39.8 Å². The lowest BCUT2D eigenvalue weighted by molar-refractivity contribution is 0.0506. The molecule has 0 bridgehead atoms. The molecule has 0 amide bonds. The van der Waals surface area contributed by atoms with Crippen LogP contribution in [0, 0.1) is 5.92 Å². The van der Waals surface area contributed by atoms with Crippen LogP contribution in [-0.4, -0.2) is 21.9 Å². The van der Waals surface area contributed by atoms with Crippen LogP contribution in [0.3, 0.4) is 0 Å². The molecule has 1 aliphatic carbocycles. The molecule has 2 nitrogen and oxygen atoms in total. The monoisotopic (exact) mass is 304 g/mol. The Morgan fingerprint density at radius 2 is 1.86 bits per heavy atom. The molecule has 0 spiro atoms. The Bertz CT molecular complexity index is 476. The average molecular weight is 304 g/mol. The molecule has 2 N–H and O–H groups in total. The van der Waals surface area contributed by atoms with Crippen molar-refractivity contribution in [3.63, 3.8) is 0 Å². The summed E-state index contributed by atoms with van der Waals surface area (Å²) in [4.78, 5) is 0. The second-order valence-corrected chi connectivity index (χ2v) is 7.11. The molecular weight excluding hydrogens is 272 g/mol. The van der Waals surface area contributed by atoms with Gasteiger partial charge in [0, 0.05) is 6.42 Å². The van der Waals surface area contributed by atoms with Crippen molar-refractivity contribution in [2.24, 2.45) is 5.92 Å². The smallest absolute Gasteiger partial charge is 0.0827 e. The minimum Gasteiger partial charge on any atom is -0.389 e. The van der Waals surface area contributed by atoms with Crippen LogP contribution in [-0.2, 0) is 0 Å². The molecule has 0 saturated heterocycles. The number of hydrogen-bond donors (Lipinski definition) is 2. The van der Waals surface area contributed by atoms with Crippen LogP contribution in [0.4, 0.5) is 0 Å². The highest BCUT2D eigenvalue weighted by Crippen LogP contribution is 2.24. The fourth-order valence-corrected chi connectivity index (χ4v) is 2.72. The molecule has 2 unspecified atom stereocenters. The molecule has 0 heterocycles. The summed E-state index contributed by atoms with van der Waals surface area (Å²) in [5, 5.41) is 21.0.